The zero-order valence-corrected chi connectivity index (χ0v) is 5.73. The normalized spacial score (nSPS) is 23.0. The summed E-state index contributed by atoms with van der Waals surface area (Å²) in [4.78, 5) is 0. The van der Waals surface area contributed by atoms with Crippen molar-refractivity contribution in [2.75, 3.05) is 6.61 Å². The fraction of sp³-hybridized carbons (Fsp3) is 0.571. The van der Waals surface area contributed by atoms with Crippen LogP contribution < -0.4 is 0 Å². The molecule has 1 aromatic rings. The SMILES string of the molecule is c1cnn(CC[C@@H]2CO2)c1. The first-order chi connectivity index (χ1) is 4.95. The van der Waals surface area contributed by atoms with E-state index in [4.69, 9.17) is 4.74 Å². The lowest BCUT2D eigenvalue weighted by molar-refractivity contribution is 0.380. The molecule has 0 aliphatic carbocycles. The van der Waals surface area contributed by atoms with Crippen LogP contribution in [0.1, 0.15) is 6.42 Å². The van der Waals surface area contributed by atoms with Gasteiger partial charge in [0.15, 0.2) is 0 Å². The van der Waals surface area contributed by atoms with Crippen LogP contribution in [-0.2, 0) is 11.3 Å². The van der Waals surface area contributed by atoms with Crippen LogP contribution in [0.2, 0.25) is 0 Å². The Labute approximate surface area is 59.6 Å². The van der Waals surface area contributed by atoms with E-state index in [1.807, 2.05) is 16.9 Å². The summed E-state index contributed by atoms with van der Waals surface area (Å²) in [7, 11) is 0. The molecule has 1 aromatic heterocycles. The largest absolute Gasteiger partial charge is 0.373 e. The number of hydrogen-bond acceptors (Lipinski definition) is 2. The van der Waals surface area contributed by atoms with Gasteiger partial charge in [-0.15, -0.1) is 0 Å². The van der Waals surface area contributed by atoms with Gasteiger partial charge in [0.25, 0.3) is 0 Å². The van der Waals surface area contributed by atoms with Crippen molar-refractivity contribution in [1.82, 2.24) is 9.78 Å². The van der Waals surface area contributed by atoms with Crippen LogP contribution in [0.3, 0.4) is 0 Å². The summed E-state index contributed by atoms with van der Waals surface area (Å²) >= 11 is 0. The number of aryl methyl sites for hydroxylation is 1. The predicted octanol–water partition coefficient (Wildman–Crippen LogP) is 0.672. The molecule has 0 amide bonds. The van der Waals surface area contributed by atoms with Gasteiger partial charge in [0.1, 0.15) is 0 Å². The summed E-state index contributed by atoms with van der Waals surface area (Å²) in [5.74, 6) is 0. The average Bonchev–Trinajstić information content (AvgIpc) is 2.63. The van der Waals surface area contributed by atoms with E-state index in [0.717, 1.165) is 19.6 Å². The van der Waals surface area contributed by atoms with Crippen LogP contribution in [0.5, 0.6) is 0 Å². The third kappa shape index (κ3) is 1.36. The Morgan fingerprint density at radius 3 is 3.20 bits per heavy atom. The Morgan fingerprint density at radius 1 is 1.70 bits per heavy atom. The van der Waals surface area contributed by atoms with Crippen LogP contribution in [-0.4, -0.2) is 22.5 Å². The highest BCUT2D eigenvalue weighted by Crippen LogP contribution is 2.13. The third-order valence-corrected chi connectivity index (χ3v) is 1.64. The maximum Gasteiger partial charge on any atom is 0.0827 e. The van der Waals surface area contributed by atoms with Crippen molar-refractivity contribution >= 4 is 0 Å². The van der Waals surface area contributed by atoms with E-state index in [0.29, 0.717) is 6.10 Å². The van der Waals surface area contributed by atoms with Crippen LogP contribution in [0.25, 0.3) is 0 Å². The number of nitrogens with zero attached hydrogens (tertiary/aromatic N) is 2. The van der Waals surface area contributed by atoms with E-state index >= 15 is 0 Å². The number of ether oxygens (including phenoxy) is 1. The lowest BCUT2D eigenvalue weighted by Crippen LogP contribution is -2.00. The number of rotatable bonds is 3. The van der Waals surface area contributed by atoms with E-state index in [1.165, 1.54) is 0 Å². The molecule has 1 aliphatic rings. The van der Waals surface area contributed by atoms with Gasteiger partial charge in [-0.1, -0.05) is 0 Å². The highest BCUT2D eigenvalue weighted by molar-refractivity contribution is 4.78. The van der Waals surface area contributed by atoms with Gasteiger partial charge in [0, 0.05) is 18.9 Å². The highest BCUT2D eigenvalue weighted by Gasteiger charge is 2.21. The van der Waals surface area contributed by atoms with Crippen molar-refractivity contribution in [3.63, 3.8) is 0 Å². The van der Waals surface area contributed by atoms with Gasteiger partial charge >= 0.3 is 0 Å². The molecule has 1 saturated heterocycles. The van der Waals surface area contributed by atoms with Crippen LogP contribution in [0.4, 0.5) is 0 Å². The molecule has 0 N–H and O–H groups in total. The molecule has 1 atom stereocenters. The zero-order chi connectivity index (χ0) is 6.81. The predicted molar refractivity (Wildman–Crippen MR) is 36.6 cm³/mol. The zero-order valence-electron chi connectivity index (χ0n) is 5.73. The van der Waals surface area contributed by atoms with Crippen LogP contribution in [0.15, 0.2) is 18.5 Å². The van der Waals surface area contributed by atoms with Gasteiger partial charge in [-0.25, -0.2) is 0 Å². The lowest BCUT2D eigenvalue weighted by Gasteiger charge is -1.95. The van der Waals surface area contributed by atoms with Gasteiger partial charge in [-0.2, -0.15) is 5.10 Å². The van der Waals surface area contributed by atoms with Crippen molar-refractivity contribution < 1.29 is 4.74 Å². The quantitative estimate of drug-likeness (QED) is 0.575. The standard InChI is InChI=1S/C7H10N2O/c1-3-8-9(4-1)5-2-7-6-10-7/h1,3-4,7H,2,5-6H2/t7-/m1/s1. The summed E-state index contributed by atoms with van der Waals surface area (Å²) in [6.07, 6.45) is 5.39. The maximum absolute atomic E-state index is 5.07. The molecule has 0 saturated carbocycles. The van der Waals surface area contributed by atoms with Crippen molar-refractivity contribution in [3.8, 4) is 0 Å². The Bertz CT molecular complexity index is 191. The molecule has 0 spiro atoms. The molecular weight excluding hydrogens is 128 g/mol. The second kappa shape index (κ2) is 2.42. The molecule has 0 aromatic carbocycles. The number of hydrogen-bond donors (Lipinski definition) is 0. The first kappa shape index (κ1) is 5.92. The third-order valence-electron chi connectivity index (χ3n) is 1.64. The van der Waals surface area contributed by atoms with Crippen molar-refractivity contribution in [2.45, 2.75) is 19.1 Å². The first-order valence-corrected chi connectivity index (χ1v) is 3.54. The maximum atomic E-state index is 5.07. The molecule has 2 heterocycles. The first-order valence-electron chi connectivity index (χ1n) is 3.54. The second-order valence-corrected chi connectivity index (χ2v) is 2.51. The summed E-state index contributed by atoms with van der Waals surface area (Å²) in [6, 6.07) is 1.94. The second-order valence-electron chi connectivity index (χ2n) is 2.51. The van der Waals surface area contributed by atoms with E-state index < -0.39 is 0 Å². The molecule has 0 bridgehead atoms. The van der Waals surface area contributed by atoms with Crippen LogP contribution >= 0.6 is 0 Å². The molecule has 1 fully saturated rings. The Kier molecular flexibility index (Phi) is 1.43. The average molecular weight is 138 g/mol. The van der Waals surface area contributed by atoms with Gasteiger partial charge < -0.3 is 4.74 Å². The number of epoxide rings is 1. The minimum absolute atomic E-state index is 0.518. The fourth-order valence-electron chi connectivity index (χ4n) is 0.944. The molecule has 0 unspecified atom stereocenters. The van der Waals surface area contributed by atoms with Crippen molar-refractivity contribution in [1.29, 1.82) is 0 Å². The smallest absolute Gasteiger partial charge is 0.0827 e. The topological polar surface area (TPSA) is 30.4 Å². The minimum atomic E-state index is 0.518. The van der Waals surface area contributed by atoms with Gasteiger partial charge in [-0.3, -0.25) is 4.68 Å². The molecule has 0 radical (unpaired) electrons. The molecule has 3 heteroatoms. The summed E-state index contributed by atoms with van der Waals surface area (Å²) < 4.78 is 7.00. The van der Waals surface area contributed by atoms with Crippen molar-refractivity contribution in [2.24, 2.45) is 0 Å². The fourth-order valence-corrected chi connectivity index (χ4v) is 0.944. The minimum Gasteiger partial charge on any atom is -0.373 e. The molecule has 3 nitrogen and oxygen atoms in total. The summed E-state index contributed by atoms with van der Waals surface area (Å²) in [5, 5.41) is 4.08. The Hall–Kier alpha value is -0.830. The molecule has 1 aliphatic heterocycles. The molecule has 10 heavy (non-hydrogen) atoms. The summed E-state index contributed by atoms with van der Waals surface area (Å²) in [5.41, 5.74) is 0. The monoisotopic (exact) mass is 138 g/mol. The molecule has 2 rings (SSSR count). The molecular formula is C7H10N2O. The lowest BCUT2D eigenvalue weighted by atomic mass is 10.3. The highest BCUT2D eigenvalue weighted by atomic mass is 16.6. The van der Waals surface area contributed by atoms with E-state index in [-0.39, 0.29) is 0 Å². The Balaban J connectivity index is 1.79. The molecule has 54 valence electrons. The van der Waals surface area contributed by atoms with E-state index in [1.54, 1.807) is 6.20 Å². The Morgan fingerprint density at radius 2 is 2.60 bits per heavy atom. The van der Waals surface area contributed by atoms with Gasteiger partial charge in [0.05, 0.1) is 12.7 Å². The number of aromatic nitrogens is 2. The van der Waals surface area contributed by atoms with Crippen molar-refractivity contribution in [3.05, 3.63) is 18.5 Å². The summed E-state index contributed by atoms with van der Waals surface area (Å²) in [6.45, 7) is 1.93. The van der Waals surface area contributed by atoms with E-state index in [9.17, 15) is 0 Å². The van der Waals surface area contributed by atoms with Gasteiger partial charge in [0.2, 0.25) is 0 Å². The van der Waals surface area contributed by atoms with Crippen LogP contribution in [0, 0.1) is 0 Å². The van der Waals surface area contributed by atoms with Gasteiger partial charge in [-0.05, 0) is 12.5 Å². The van der Waals surface area contributed by atoms with E-state index in [2.05, 4.69) is 5.10 Å².